The lowest BCUT2D eigenvalue weighted by molar-refractivity contribution is -0.144. The zero-order chi connectivity index (χ0) is 16.9. The molecule has 0 radical (unpaired) electrons. The average Bonchev–Trinajstić information content (AvgIpc) is 3.00. The summed E-state index contributed by atoms with van der Waals surface area (Å²) in [6.07, 6.45) is 5.16. The van der Waals surface area contributed by atoms with Crippen molar-refractivity contribution < 1.29 is 13.9 Å². The summed E-state index contributed by atoms with van der Waals surface area (Å²) in [4.78, 5) is 15.7. The van der Waals surface area contributed by atoms with Crippen molar-refractivity contribution in [2.75, 3.05) is 6.61 Å². The number of aromatic nitrogens is 3. The fourth-order valence-corrected chi connectivity index (χ4v) is 2.40. The van der Waals surface area contributed by atoms with Gasteiger partial charge in [0.1, 0.15) is 18.1 Å². The Morgan fingerprint density at radius 2 is 1.83 bits per heavy atom. The molecule has 122 valence electrons. The van der Waals surface area contributed by atoms with E-state index in [9.17, 15) is 9.18 Å². The monoisotopic (exact) mass is 325 g/mol. The normalized spacial score (nSPS) is 10.6. The number of esters is 1. The first-order valence-corrected chi connectivity index (χ1v) is 7.57. The third-order valence-electron chi connectivity index (χ3n) is 3.47. The van der Waals surface area contributed by atoms with Crippen molar-refractivity contribution in [2.24, 2.45) is 0 Å². The van der Waals surface area contributed by atoms with Crippen molar-refractivity contribution in [3.63, 3.8) is 0 Å². The van der Waals surface area contributed by atoms with E-state index in [0.717, 1.165) is 16.7 Å². The molecule has 0 saturated carbocycles. The molecule has 3 aromatic rings. The number of carbonyl (C=O) groups excluding carboxylic acids is 1. The maximum atomic E-state index is 13.2. The third-order valence-corrected chi connectivity index (χ3v) is 3.47. The summed E-state index contributed by atoms with van der Waals surface area (Å²) in [5, 5.41) is 4.48. The van der Waals surface area contributed by atoms with Crippen LogP contribution in [-0.4, -0.2) is 27.3 Å². The van der Waals surface area contributed by atoms with Crippen molar-refractivity contribution in [3.8, 4) is 22.4 Å². The minimum Gasteiger partial charge on any atom is -0.465 e. The number of pyridine rings is 1. The number of nitrogens with zero attached hydrogens (tertiary/aromatic N) is 3. The molecule has 5 nitrogen and oxygen atoms in total. The number of carbonyl (C=O) groups is 1. The van der Waals surface area contributed by atoms with E-state index in [4.69, 9.17) is 4.74 Å². The third kappa shape index (κ3) is 3.48. The first-order valence-electron chi connectivity index (χ1n) is 7.57. The second-order valence-electron chi connectivity index (χ2n) is 5.14. The maximum absolute atomic E-state index is 13.2. The van der Waals surface area contributed by atoms with Gasteiger partial charge in [0.2, 0.25) is 0 Å². The number of rotatable bonds is 5. The molecule has 0 N–H and O–H groups in total. The van der Waals surface area contributed by atoms with Gasteiger partial charge in [0.15, 0.2) is 0 Å². The zero-order valence-electron chi connectivity index (χ0n) is 13.1. The summed E-state index contributed by atoms with van der Waals surface area (Å²) >= 11 is 0. The second-order valence-corrected chi connectivity index (χ2v) is 5.14. The van der Waals surface area contributed by atoms with E-state index < -0.39 is 0 Å². The Hall–Kier alpha value is -3.02. The van der Waals surface area contributed by atoms with Crippen LogP contribution in [0.5, 0.6) is 0 Å². The fraction of sp³-hybridized carbons (Fsp3) is 0.167. The first-order chi connectivity index (χ1) is 11.7. The van der Waals surface area contributed by atoms with Gasteiger partial charge in [-0.1, -0.05) is 0 Å². The molecule has 0 aliphatic carbocycles. The molecule has 0 aliphatic heterocycles. The van der Waals surface area contributed by atoms with E-state index in [1.165, 1.54) is 16.8 Å². The summed E-state index contributed by atoms with van der Waals surface area (Å²) in [6, 6.07) is 9.82. The lowest BCUT2D eigenvalue weighted by Gasteiger charge is -2.02. The molecule has 24 heavy (non-hydrogen) atoms. The van der Waals surface area contributed by atoms with Gasteiger partial charge in [-0.25, -0.2) is 4.39 Å². The Morgan fingerprint density at radius 1 is 1.12 bits per heavy atom. The first kappa shape index (κ1) is 15.9. The Balaban J connectivity index is 2.03. The van der Waals surface area contributed by atoms with Crippen LogP contribution in [0.1, 0.15) is 6.92 Å². The molecule has 0 amide bonds. The van der Waals surface area contributed by atoms with Crippen LogP contribution >= 0.6 is 0 Å². The minimum absolute atomic E-state index is 0.0210. The van der Waals surface area contributed by atoms with E-state index in [1.54, 1.807) is 37.6 Å². The smallest absolute Gasteiger partial charge is 0.327 e. The van der Waals surface area contributed by atoms with E-state index in [2.05, 4.69) is 10.1 Å². The topological polar surface area (TPSA) is 57.0 Å². The number of benzene rings is 1. The summed E-state index contributed by atoms with van der Waals surface area (Å²) in [6.45, 7) is 2.10. The predicted molar refractivity (Wildman–Crippen MR) is 87.5 cm³/mol. The molecule has 0 saturated heterocycles. The molecular formula is C18H16FN3O2. The van der Waals surface area contributed by atoms with Crippen LogP contribution in [0.15, 0.2) is 55.0 Å². The van der Waals surface area contributed by atoms with Gasteiger partial charge in [-0.3, -0.25) is 14.5 Å². The quantitative estimate of drug-likeness (QED) is 0.675. The Kier molecular flexibility index (Phi) is 4.65. The largest absolute Gasteiger partial charge is 0.465 e. The highest BCUT2D eigenvalue weighted by Crippen LogP contribution is 2.30. The molecule has 1 aromatic carbocycles. The Labute approximate surface area is 138 Å². The van der Waals surface area contributed by atoms with E-state index in [1.807, 2.05) is 12.1 Å². The highest BCUT2D eigenvalue weighted by molar-refractivity contribution is 5.80. The average molecular weight is 325 g/mol. The van der Waals surface area contributed by atoms with Crippen molar-refractivity contribution in [1.29, 1.82) is 0 Å². The summed E-state index contributed by atoms with van der Waals surface area (Å²) < 4.78 is 19.7. The second kappa shape index (κ2) is 7.04. The van der Waals surface area contributed by atoms with Crippen LogP contribution in [0.4, 0.5) is 4.39 Å². The molecule has 0 spiro atoms. The number of hydrogen-bond acceptors (Lipinski definition) is 4. The van der Waals surface area contributed by atoms with Gasteiger partial charge in [-0.05, 0) is 48.9 Å². The van der Waals surface area contributed by atoms with Crippen molar-refractivity contribution in [2.45, 2.75) is 13.5 Å². The highest BCUT2D eigenvalue weighted by Gasteiger charge is 2.15. The van der Waals surface area contributed by atoms with Gasteiger partial charge in [-0.2, -0.15) is 5.10 Å². The van der Waals surface area contributed by atoms with Gasteiger partial charge in [0.05, 0.1) is 6.61 Å². The minimum atomic E-state index is -0.355. The van der Waals surface area contributed by atoms with Crippen LogP contribution in [0.2, 0.25) is 0 Å². The Bertz CT molecular complexity index is 829. The lowest BCUT2D eigenvalue weighted by Crippen LogP contribution is -2.13. The van der Waals surface area contributed by atoms with Crippen LogP contribution < -0.4 is 0 Å². The van der Waals surface area contributed by atoms with Crippen molar-refractivity contribution in [1.82, 2.24) is 14.8 Å². The van der Waals surface area contributed by atoms with Gasteiger partial charge in [0, 0.05) is 29.7 Å². The molecule has 2 heterocycles. The molecule has 0 unspecified atom stereocenters. The van der Waals surface area contributed by atoms with E-state index >= 15 is 0 Å². The van der Waals surface area contributed by atoms with E-state index in [0.29, 0.717) is 12.3 Å². The molecule has 0 bridgehead atoms. The zero-order valence-corrected chi connectivity index (χ0v) is 13.1. The maximum Gasteiger partial charge on any atom is 0.327 e. The molecule has 6 heteroatoms. The van der Waals surface area contributed by atoms with Crippen LogP contribution in [0.25, 0.3) is 22.4 Å². The van der Waals surface area contributed by atoms with Crippen LogP contribution in [0, 0.1) is 5.82 Å². The van der Waals surface area contributed by atoms with Gasteiger partial charge < -0.3 is 4.74 Å². The lowest BCUT2D eigenvalue weighted by atomic mass is 10.0. The highest BCUT2D eigenvalue weighted by atomic mass is 19.1. The number of ether oxygens (including phenoxy) is 1. The Morgan fingerprint density at radius 3 is 2.50 bits per heavy atom. The summed E-state index contributed by atoms with van der Waals surface area (Å²) in [5.74, 6) is -0.665. The standard InChI is InChI=1S/C18H16FN3O2/c1-2-24-17(23)12-22-11-16(13-7-9-20-10-8-13)18(21-22)14-3-5-15(19)6-4-14/h3-11H,2,12H2,1H3. The van der Waals surface area contributed by atoms with Gasteiger partial charge in [0.25, 0.3) is 0 Å². The van der Waals surface area contributed by atoms with Crippen LogP contribution in [0.3, 0.4) is 0 Å². The van der Waals surface area contributed by atoms with E-state index in [-0.39, 0.29) is 18.3 Å². The molecule has 2 aromatic heterocycles. The van der Waals surface area contributed by atoms with Crippen molar-refractivity contribution in [3.05, 3.63) is 60.8 Å². The van der Waals surface area contributed by atoms with Crippen molar-refractivity contribution >= 4 is 5.97 Å². The SMILES string of the molecule is CCOC(=O)Cn1cc(-c2ccncc2)c(-c2ccc(F)cc2)n1. The molecule has 0 fully saturated rings. The van der Waals surface area contributed by atoms with Gasteiger partial charge >= 0.3 is 5.97 Å². The summed E-state index contributed by atoms with van der Waals surface area (Å²) in [7, 11) is 0. The predicted octanol–water partition coefficient (Wildman–Crippen LogP) is 3.31. The summed E-state index contributed by atoms with van der Waals surface area (Å²) in [5.41, 5.74) is 3.20. The molecular weight excluding hydrogens is 309 g/mol. The number of hydrogen-bond donors (Lipinski definition) is 0. The molecule has 0 atom stereocenters. The molecule has 0 aliphatic rings. The number of halogens is 1. The van der Waals surface area contributed by atoms with Crippen LogP contribution in [-0.2, 0) is 16.1 Å². The fourth-order valence-electron chi connectivity index (χ4n) is 2.40. The molecule has 3 rings (SSSR count). The van der Waals surface area contributed by atoms with Gasteiger partial charge in [-0.15, -0.1) is 0 Å².